The Bertz CT molecular complexity index is 1140. The lowest BCUT2D eigenvalue weighted by Crippen LogP contribution is -2.18. The van der Waals surface area contributed by atoms with Crippen LogP contribution in [-0.2, 0) is 14.3 Å². The van der Waals surface area contributed by atoms with E-state index in [-0.39, 0.29) is 22.6 Å². The van der Waals surface area contributed by atoms with Crippen LogP contribution in [0.15, 0.2) is 57.7 Å². The van der Waals surface area contributed by atoms with Crippen LogP contribution in [0.3, 0.4) is 0 Å². The molecule has 0 fully saturated rings. The first-order valence-electron chi connectivity index (χ1n) is 8.58. The lowest BCUT2D eigenvalue weighted by atomic mass is 10.1. The second kappa shape index (κ2) is 8.91. The zero-order valence-corrected chi connectivity index (χ0v) is 16.0. The Morgan fingerprint density at radius 3 is 2.10 bits per heavy atom. The summed E-state index contributed by atoms with van der Waals surface area (Å²) < 4.78 is 24.8. The lowest BCUT2D eigenvalue weighted by Gasteiger charge is -2.10. The van der Waals surface area contributed by atoms with E-state index in [0.29, 0.717) is 11.0 Å². The van der Waals surface area contributed by atoms with Crippen molar-refractivity contribution in [2.45, 2.75) is 0 Å². The molecular formula is C21H16O9. The van der Waals surface area contributed by atoms with Crippen LogP contribution < -0.4 is 15.1 Å². The summed E-state index contributed by atoms with van der Waals surface area (Å²) in [5.41, 5.74) is -0.185. The highest BCUT2D eigenvalue weighted by Gasteiger charge is 2.16. The summed E-state index contributed by atoms with van der Waals surface area (Å²) in [7, 11) is 2.36. The topological polar surface area (TPSA) is 118 Å². The smallest absolute Gasteiger partial charge is 0.349 e. The van der Waals surface area contributed by atoms with Gasteiger partial charge in [0.05, 0.1) is 25.3 Å². The number of hydrogen-bond donors (Lipinski definition) is 0. The third kappa shape index (κ3) is 4.82. The minimum absolute atomic E-state index is 0.00803. The third-order valence-corrected chi connectivity index (χ3v) is 3.93. The third-order valence-electron chi connectivity index (χ3n) is 3.93. The van der Waals surface area contributed by atoms with Crippen molar-refractivity contribution in [3.8, 4) is 11.5 Å². The summed E-state index contributed by atoms with van der Waals surface area (Å²) >= 11 is 0. The van der Waals surface area contributed by atoms with Gasteiger partial charge < -0.3 is 23.4 Å². The predicted molar refractivity (Wildman–Crippen MR) is 103 cm³/mol. The van der Waals surface area contributed by atoms with Crippen molar-refractivity contribution in [2.75, 3.05) is 20.8 Å². The second-order valence-electron chi connectivity index (χ2n) is 5.95. The molecule has 0 aliphatic rings. The molecule has 0 saturated carbocycles. The number of ether oxygens (including phenoxy) is 4. The molecule has 0 bridgehead atoms. The molecule has 0 spiro atoms. The molecule has 9 heteroatoms. The van der Waals surface area contributed by atoms with Crippen LogP contribution in [0, 0.1) is 0 Å². The number of benzene rings is 2. The molecule has 0 radical (unpaired) electrons. The number of rotatable bonds is 6. The van der Waals surface area contributed by atoms with Crippen molar-refractivity contribution in [1.82, 2.24) is 0 Å². The fraction of sp³-hybridized carbons (Fsp3) is 0.143. The Balaban J connectivity index is 1.73. The monoisotopic (exact) mass is 412 g/mol. The van der Waals surface area contributed by atoms with Crippen LogP contribution in [-0.4, -0.2) is 38.7 Å². The number of fused-ring (bicyclic) bond motifs is 1. The standard InChI is InChI=1S/C21H16O9/c1-26-20(24)13-7-14(21(25)27-2)9-16(8-13)29-19(23)11-28-15-5-3-12-4-6-18(22)30-17(12)10-15/h3-10H,11H2,1-2H3. The molecule has 0 unspecified atom stereocenters. The highest BCUT2D eigenvalue weighted by atomic mass is 16.6. The second-order valence-corrected chi connectivity index (χ2v) is 5.95. The van der Waals surface area contributed by atoms with Gasteiger partial charge in [0.1, 0.15) is 17.1 Å². The van der Waals surface area contributed by atoms with Crippen molar-refractivity contribution in [1.29, 1.82) is 0 Å². The van der Waals surface area contributed by atoms with Crippen molar-refractivity contribution >= 4 is 28.9 Å². The molecule has 0 atom stereocenters. The van der Waals surface area contributed by atoms with Gasteiger partial charge in [0, 0.05) is 17.5 Å². The molecular weight excluding hydrogens is 396 g/mol. The molecule has 30 heavy (non-hydrogen) atoms. The molecule has 9 nitrogen and oxygen atoms in total. The first-order chi connectivity index (χ1) is 14.4. The Kier molecular flexibility index (Phi) is 6.11. The van der Waals surface area contributed by atoms with E-state index in [1.807, 2.05) is 0 Å². The SMILES string of the molecule is COC(=O)c1cc(OC(=O)COc2ccc3ccc(=O)oc3c2)cc(C(=O)OC)c1. The fourth-order valence-corrected chi connectivity index (χ4v) is 2.56. The summed E-state index contributed by atoms with van der Waals surface area (Å²) in [5.74, 6) is -2.00. The van der Waals surface area contributed by atoms with Crippen LogP contribution in [0.5, 0.6) is 11.5 Å². The van der Waals surface area contributed by atoms with Gasteiger partial charge in [0.15, 0.2) is 6.61 Å². The van der Waals surface area contributed by atoms with Crippen LogP contribution >= 0.6 is 0 Å². The molecule has 1 aromatic heterocycles. The molecule has 0 N–H and O–H groups in total. The number of methoxy groups -OCH3 is 2. The van der Waals surface area contributed by atoms with E-state index in [1.54, 1.807) is 18.2 Å². The van der Waals surface area contributed by atoms with E-state index in [2.05, 4.69) is 9.47 Å². The summed E-state index contributed by atoms with van der Waals surface area (Å²) in [6.07, 6.45) is 0. The Morgan fingerprint density at radius 1 is 0.833 bits per heavy atom. The highest BCUT2D eigenvalue weighted by Crippen LogP contribution is 2.21. The van der Waals surface area contributed by atoms with E-state index >= 15 is 0 Å². The number of esters is 3. The Morgan fingerprint density at radius 2 is 1.47 bits per heavy atom. The fourth-order valence-electron chi connectivity index (χ4n) is 2.56. The quantitative estimate of drug-likeness (QED) is 0.341. The maximum absolute atomic E-state index is 12.2. The molecule has 1 heterocycles. The van der Waals surface area contributed by atoms with Gasteiger partial charge in [-0.1, -0.05) is 0 Å². The van der Waals surface area contributed by atoms with Crippen molar-refractivity contribution in [3.05, 3.63) is 70.1 Å². The van der Waals surface area contributed by atoms with Crippen LogP contribution in [0.1, 0.15) is 20.7 Å². The minimum Gasteiger partial charge on any atom is -0.482 e. The first kappa shape index (κ1) is 20.6. The van der Waals surface area contributed by atoms with E-state index in [1.165, 1.54) is 44.6 Å². The molecule has 154 valence electrons. The maximum Gasteiger partial charge on any atom is 0.349 e. The number of hydrogen-bond acceptors (Lipinski definition) is 9. The zero-order valence-electron chi connectivity index (χ0n) is 16.0. The van der Waals surface area contributed by atoms with Crippen LogP contribution in [0.25, 0.3) is 11.0 Å². The van der Waals surface area contributed by atoms with E-state index in [4.69, 9.17) is 13.9 Å². The summed E-state index contributed by atoms with van der Waals surface area (Å²) in [6.45, 7) is -0.474. The number of carbonyl (C=O) groups is 3. The average molecular weight is 412 g/mol. The van der Waals surface area contributed by atoms with Gasteiger partial charge in [0.2, 0.25) is 0 Å². The van der Waals surface area contributed by atoms with E-state index < -0.39 is 30.1 Å². The zero-order chi connectivity index (χ0) is 21.7. The molecule has 0 aliphatic heterocycles. The van der Waals surface area contributed by atoms with Crippen LogP contribution in [0.4, 0.5) is 0 Å². The average Bonchev–Trinajstić information content (AvgIpc) is 2.75. The van der Waals surface area contributed by atoms with Gasteiger partial charge in [-0.3, -0.25) is 0 Å². The van der Waals surface area contributed by atoms with Gasteiger partial charge in [-0.15, -0.1) is 0 Å². The van der Waals surface area contributed by atoms with E-state index in [9.17, 15) is 19.2 Å². The predicted octanol–water partition coefficient (Wildman–Crippen LogP) is 2.35. The van der Waals surface area contributed by atoms with Crippen molar-refractivity contribution < 1.29 is 37.7 Å². The summed E-state index contributed by atoms with van der Waals surface area (Å²) in [4.78, 5) is 47.0. The van der Waals surface area contributed by atoms with Crippen LogP contribution in [0.2, 0.25) is 0 Å². The van der Waals surface area contributed by atoms with Gasteiger partial charge in [-0.25, -0.2) is 19.2 Å². The summed E-state index contributed by atoms with van der Waals surface area (Å²) in [5, 5.41) is 0.694. The van der Waals surface area contributed by atoms with Gasteiger partial charge in [0.25, 0.3) is 0 Å². The largest absolute Gasteiger partial charge is 0.482 e. The summed E-state index contributed by atoms with van der Waals surface area (Å²) in [6, 6.07) is 11.4. The van der Waals surface area contributed by atoms with Gasteiger partial charge in [-0.05, 0) is 36.4 Å². The molecule has 0 aliphatic carbocycles. The number of carbonyl (C=O) groups excluding carboxylic acids is 3. The molecule has 3 rings (SSSR count). The molecule has 0 amide bonds. The van der Waals surface area contributed by atoms with Gasteiger partial charge in [-0.2, -0.15) is 0 Å². The maximum atomic E-state index is 12.2. The Hall–Kier alpha value is -4.14. The normalized spacial score (nSPS) is 10.3. The molecule has 2 aromatic carbocycles. The van der Waals surface area contributed by atoms with Gasteiger partial charge >= 0.3 is 23.5 Å². The highest BCUT2D eigenvalue weighted by molar-refractivity contribution is 5.96. The van der Waals surface area contributed by atoms with Crippen molar-refractivity contribution in [3.63, 3.8) is 0 Å². The Labute approximate surface area is 169 Å². The van der Waals surface area contributed by atoms with Crippen molar-refractivity contribution in [2.24, 2.45) is 0 Å². The minimum atomic E-state index is -0.789. The molecule has 3 aromatic rings. The lowest BCUT2D eigenvalue weighted by molar-refractivity contribution is -0.136. The molecule has 0 saturated heterocycles. The van der Waals surface area contributed by atoms with E-state index in [0.717, 1.165) is 0 Å². The first-order valence-corrected chi connectivity index (χ1v) is 8.58.